The predicted octanol–water partition coefficient (Wildman–Crippen LogP) is 4.16. The number of hydrogen-bond acceptors (Lipinski definition) is 6. The molecule has 0 saturated carbocycles. The van der Waals surface area contributed by atoms with E-state index in [1.165, 1.54) is 11.9 Å². The normalized spacial score (nSPS) is 11.4. The summed E-state index contributed by atoms with van der Waals surface area (Å²) in [5, 5.41) is 11.1. The highest BCUT2D eigenvalue weighted by atomic mass is 16.5. The molecule has 0 aliphatic rings. The number of nitrogens with zero attached hydrogens (tertiary/aromatic N) is 5. The molecule has 0 radical (unpaired) electrons. The SMILES string of the molecule is CC(C)(C)c1ccc(CN(Cc2ccco2)C(=O)COc2ccc(-n3cnnn3)cc2)cc1. The molecule has 0 N–H and O–H groups in total. The van der Waals surface area contributed by atoms with Crippen LogP contribution in [0.15, 0.2) is 77.7 Å². The molecular formula is C25H27N5O3. The van der Waals surface area contributed by atoms with E-state index in [0.29, 0.717) is 18.8 Å². The fourth-order valence-electron chi connectivity index (χ4n) is 3.36. The largest absolute Gasteiger partial charge is 0.484 e. The number of benzene rings is 2. The summed E-state index contributed by atoms with van der Waals surface area (Å²) in [7, 11) is 0. The van der Waals surface area contributed by atoms with Crippen LogP contribution in [-0.2, 0) is 23.3 Å². The maximum absolute atomic E-state index is 13.1. The number of furan rings is 1. The Bertz CT molecular complexity index is 1150. The summed E-state index contributed by atoms with van der Waals surface area (Å²) in [4.78, 5) is 14.8. The lowest BCUT2D eigenvalue weighted by molar-refractivity contribution is -0.134. The minimum absolute atomic E-state index is 0.0784. The number of hydrogen-bond donors (Lipinski definition) is 0. The molecule has 170 valence electrons. The summed E-state index contributed by atoms with van der Waals surface area (Å²) in [6.45, 7) is 7.30. The van der Waals surface area contributed by atoms with Crippen LogP contribution in [0.3, 0.4) is 0 Å². The Labute approximate surface area is 192 Å². The molecule has 0 atom stereocenters. The zero-order chi connectivity index (χ0) is 23.3. The molecule has 2 aromatic heterocycles. The van der Waals surface area contributed by atoms with Crippen molar-refractivity contribution in [2.75, 3.05) is 6.61 Å². The Morgan fingerprint density at radius 3 is 2.39 bits per heavy atom. The number of aromatic nitrogens is 4. The Balaban J connectivity index is 1.42. The Hall–Kier alpha value is -3.94. The molecular weight excluding hydrogens is 418 g/mol. The molecule has 2 aromatic carbocycles. The third-order valence-electron chi connectivity index (χ3n) is 5.29. The van der Waals surface area contributed by atoms with E-state index >= 15 is 0 Å². The van der Waals surface area contributed by atoms with Crippen molar-refractivity contribution >= 4 is 5.91 Å². The van der Waals surface area contributed by atoms with Gasteiger partial charge in [0.15, 0.2) is 6.61 Å². The molecule has 4 rings (SSSR count). The standard InChI is InChI=1S/C25H27N5O3/c1-25(2,3)20-8-6-19(7-9-20)15-29(16-23-5-4-14-32-23)24(31)17-33-22-12-10-21(11-13-22)30-18-26-27-28-30/h4-14,18H,15-17H2,1-3H3. The number of carbonyl (C=O) groups is 1. The molecule has 8 heteroatoms. The smallest absolute Gasteiger partial charge is 0.261 e. The first kappa shape index (κ1) is 22.3. The Kier molecular flexibility index (Phi) is 6.53. The van der Waals surface area contributed by atoms with Gasteiger partial charge >= 0.3 is 0 Å². The highest BCUT2D eigenvalue weighted by Crippen LogP contribution is 2.23. The van der Waals surface area contributed by atoms with Crippen LogP contribution < -0.4 is 4.74 Å². The van der Waals surface area contributed by atoms with Crippen molar-refractivity contribution in [1.29, 1.82) is 0 Å². The summed E-state index contributed by atoms with van der Waals surface area (Å²) >= 11 is 0. The van der Waals surface area contributed by atoms with Crippen LogP contribution in [0.5, 0.6) is 5.75 Å². The summed E-state index contributed by atoms with van der Waals surface area (Å²) in [5.74, 6) is 1.18. The average molecular weight is 446 g/mol. The lowest BCUT2D eigenvalue weighted by Gasteiger charge is -2.23. The van der Waals surface area contributed by atoms with E-state index in [4.69, 9.17) is 9.15 Å². The van der Waals surface area contributed by atoms with Gasteiger partial charge in [-0.1, -0.05) is 45.0 Å². The van der Waals surface area contributed by atoms with Gasteiger partial charge in [0.2, 0.25) is 0 Å². The summed E-state index contributed by atoms with van der Waals surface area (Å²) in [6.07, 6.45) is 3.12. The molecule has 1 amide bonds. The quantitative estimate of drug-likeness (QED) is 0.405. The van der Waals surface area contributed by atoms with E-state index in [0.717, 1.165) is 17.0 Å². The molecule has 0 aliphatic carbocycles. The van der Waals surface area contributed by atoms with Crippen molar-refractivity contribution < 1.29 is 13.9 Å². The third kappa shape index (κ3) is 5.85. The number of ether oxygens (including phenoxy) is 1. The second-order valence-corrected chi connectivity index (χ2v) is 8.81. The van der Waals surface area contributed by atoms with Crippen LogP contribution in [0.25, 0.3) is 5.69 Å². The molecule has 0 fully saturated rings. The van der Waals surface area contributed by atoms with Crippen LogP contribution in [0.4, 0.5) is 0 Å². The maximum Gasteiger partial charge on any atom is 0.261 e. The molecule has 0 aliphatic heterocycles. The van der Waals surface area contributed by atoms with Crippen molar-refractivity contribution in [1.82, 2.24) is 25.1 Å². The van der Waals surface area contributed by atoms with Gasteiger partial charge in [-0.05, 0) is 63.4 Å². The van der Waals surface area contributed by atoms with Crippen LogP contribution in [0.2, 0.25) is 0 Å². The van der Waals surface area contributed by atoms with Crippen molar-refractivity contribution in [2.24, 2.45) is 0 Å². The van der Waals surface area contributed by atoms with Crippen molar-refractivity contribution in [3.8, 4) is 11.4 Å². The van der Waals surface area contributed by atoms with Gasteiger partial charge in [-0.25, -0.2) is 4.68 Å². The zero-order valence-corrected chi connectivity index (χ0v) is 19.0. The minimum atomic E-state index is -0.129. The molecule has 0 unspecified atom stereocenters. The first-order valence-corrected chi connectivity index (χ1v) is 10.7. The first-order valence-electron chi connectivity index (χ1n) is 10.7. The van der Waals surface area contributed by atoms with Gasteiger partial charge in [0, 0.05) is 6.54 Å². The second-order valence-electron chi connectivity index (χ2n) is 8.81. The van der Waals surface area contributed by atoms with Gasteiger partial charge < -0.3 is 14.1 Å². The van der Waals surface area contributed by atoms with Gasteiger partial charge in [0.05, 0.1) is 18.5 Å². The van der Waals surface area contributed by atoms with Gasteiger partial charge in [-0.3, -0.25) is 4.79 Å². The summed E-state index contributed by atoms with van der Waals surface area (Å²) in [6, 6.07) is 19.3. The molecule has 2 heterocycles. The maximum atomic E-state index is 13.1. The van der Waals surface area contributed by atoms with Gasteiger partial charge in [0.1, 0.15) is 17.8 Å². The first-order chi connectivity index (χ1) is 15.9. The van der Waals surface area contributed by atoms with E-state index in [2.05, 4.69) is 60.6 Å². The lowest BCUT2D eigenvalue weighted by atomic mass is 9.87. The van der Waals surface area contributed by atoms with Crippen LogP contribution in [-0.4, -0.2) is 37.6 Å². The van der Waals surface area contributed by atoms with E-state index in [1.807, 2.05) is 24.3 Å². The minimum Gasteiger partial charge on any atom is -0.484 e. The zero-order valence-electron chi connectivity index (χ0n) is 19.0. The molecule has 0 spiro atoms. The second kappa shape index (κ2) is 9.68. The molecule has 33 heavy (non-hydrogen) atoms. The topological polar surface area (TPSA) is 86.3 Å². The molecule has 8 nitrogen and oxygen atoms in total. The number of amides is 1. The highest BCUT2D eigenvalue weighted by Gasteiger charge is 2.18. The van der Waals surface area contributed by atoms with Crippen molar-refractivity contribution in [3.63, 3.8) is 0 Å². The van der Waals surface area contributed by atoms with Gasteiger partial charge in [-0.2, -0.15) is 0 Å². The molecule has 0 bridgehead atoms. The van der Waals surface area contributed by atoms with Crippen LogP contribution >= 0.6 is 0 Å². The summed E-state index contributed by atoms with van der Waals surface area (Å²) < 4.78 is 12.8. The van der Waals surface area contributed by atoms with Gasteiger partial charge in [-0.15, -0.1) is 5.10 Å². The van der Waals surface area contributed by atoms with Crippen molar-refractivity contribution in [2.45, 2.75) is 39.3 Å². The van der Waals surface area contributed by atoms with Crippen LogP contribution in [0, 0.1) is 0 Å². The number of rotatable bonds is 8. The number of carbonyl (C=O) groups excluding carboxylic acids is 1. The average Bonchev–Trinajstić information content (AvgIpc) is 3.52. The van der Waals surface area contributed by atoms with E-state index < -0.39 is 0 Å². The summed E-state index contributed by atoms with van der Waals surface area (Å²) in [5.41, 5.74) is 3.19. The lowest BCUT2D eigenvalue weighted by Crippen LogP contribution is -2.34. The van der Waals surface area contributed by atoms with Gasteiger partial charge in [0.25, 0.3) is 5.91 Å². The number of tetrazole rings is 1. The van der Waals surface area contributed by atoms with E-state index in [9.17, 15) is 4.79 Å². The van der Waals surface area contributed by atoms with Crippen LogP contribution in [0.1, 0.15) is 37.7 Å². The third-order valence-corrected chi connectivity index (χ3v) is 5.29. The fourth-order valence-corrected chi connectivity index (χ4v) is 3.36. The predicted molar refractivity (Wildman–Crippen MR) is 123 cm³/mol. The monoisotopic (exact) mass is 445 g/mol. The fraction of sp³-hybridized carbons (Fsp3) is 0.280. The molecule has 0 saturated heterocycles. The van der Waals surface area contributed by atoms with Crippen molar-refractivity contribution in [3.05, 3.63) is 90.1 Å². The highest BCUT2D eigenvalue weighted by molar-refractivity contribution is 5.77. The Morgan fingerprint density at radius 2 is 1.79 bits per heavy atom. The van der Waals surface area contributed by atoms with E-state index in [-0.39, 0.29) is 17.9 Å². The van der Waals surface area contributed by atoms with E-state index in [1.54, 1.807) is 28.0 Å². The Morgan fingerprint density at radius 1 is 1.03 bits per heavy atom. The molecule has 4 aromatic rings.